The van der Waals surface area contributed by atoms with E-state index in [1.807, 2.05) is 18.7 Å². The fraction of sp³-hybridized carbons (Fsp3) is 0.556. The quantitative estimate of drug-likeness (QED) is 0.710. The highest BCUT2D eigenvalue weighted by atomic mass is 32.2. The van der Waals surface area contributed by atoms with E-state index in [2.05, 4.69) is 5.32 Å². The van der Waals surface area contributed by atoms with Crippen LogP contribution in [0.2, 0.25) is 0 Å². The minimum Gasteiger partial charge on any atom is -0.358 e. The van der Waals surface area contributed by atoms with E-state index < -0.39 is 21.7 Å². The van der Waals surface area contributed by atoms with Crippen molar-refractivity contribution in [2.45, 2.75) is 37.2 Å². The van der Waals surface area contributed by atoms with Crippen molar-refractivity contribution in [3.8, 4) is 0 Å². The molecule has 1 N–H and O–H groups in total. The monoisotopic (exact) mass is 399 g/mol. The summed E-state index contributed by atoms with van der Waals surface area (Å²) >= 11 is 0. The molecule has 1 heterocycles. The molecule has 1 saturated heterocycles. The van der Waals surface area contributed by atoms with Crippen LogP contribution in [0.4, 0.5) is 4.39 Å². The number of hydrogen-bond donors (Lipinski definition) is 1. The Labute approximate surface area is 159 Å². The second-order valence-electron chi connectivity index (χ2n) is 6.82. The summed E-state index contributed by atoms with van der Waals surface area (Å²) in [6.45, 7) is 5.20. The van der Waals surface area contributed by atoms with E-state index in [9.17, 15) is 22.4 Å². The largest absolute Gasteiger partial charge is 0.358 e. The topological polar surface area (TPSA) is 86.8 Å². The van der Waals surface area contributed by atoms with Crippen LogP contribution in [0.3, 0.4) is 0 Å². The zero-order valence-electron chi connectivity index (χ0n) is 15.8. The molecule has 1 aromatic rings. The maximum absolute atomic E-state index is 13.0. The molecule has 1 unspecified atom stereocenters. The molecule has 0 aliphatic carbocycles. The smallest absolute Gasteiger partial charge is 0.238 e. The third-order valence-electron chi connectivity index (χ3n) is 4.74. The van der Waals surface area contributed by atoms with E-state index in [0.29, 0.717) is 13.1 Å². The van der Waals surface area contributed by atoms with E-state index in [1.54, 1.807) is 11.9 Å². The molecule has 1 aliphatic heterocycles. The Morgan fingerprint density at radius 1 is 1.22 bits per heavy atom. The van der Waals surface area contributed by atoms with Gasteiger partial charge in [0.25, 0.3) is 0 Å². The van der Waals surface area contributed by atoms with Crippen molar-refractivity contribution in [2.24, 2.45) is 0 Å². The van der Waals surface area contributed by atoms with E-state index in [1.165, 1.54) is 12.1 Å². The molecule has 1 atom stereocenters. The highest BCUT2D eigenvalue weighted by Gasteiger charge is 2.35. The number of rotatable bonds is 6. The summed E-state index contributed by atoms with van der Waals surface area (Å²) in [7, 11) is -2.12. The number of sulfone groups is 1. The number of carbonyl (C=O) groups excluding carboxylic acids is 2. The zero-order valence-corrected chi connectivity index (χ0v) is 16.6. The summed E-state index contributed by atoms with van der Waals surface area (Å²) in [5.41, 5.74) is 0. The molecule has 0 radical (unpaired) electrons. The van der Waals surface area contributed by atoms with Gasteiger partial charge >= 0.3 is 0 Å². The number of nitrogens with zero attached hydrogens (tertiary/aromatic N) is 2. The number of nitrogens with one attached hydrogen (secondary N) is 1. The lowest BCUT2D eigenvalue weighted by atomic mass is 10.1. The molecule has 2 amide bonds. The minimum atomic E-state index is -3.67. The van der Waals surface area contributed by atoms with Crippen LogP contribution in [0.1, 0.15) is 20.3 Å². The predicted octanol–water partition coefficient (Wildman–Crippen LogP) is 0.657. The van der Waals surface area contributed by atoms with Crippen molar-refractivity contribution in [1.82, 2.24) is 15.1 Å². The van der Waals surface area contributed by atoms with Gasteiger partial charge in [0, 0.05) is 39.1 Å². The molecule has 1 fully saturated rings. The van der Waals surface area contributed by atoms with Gasteiger partial charge in [0.15, 0.2) is 9.84 Å². The van der Waals surface area contributed by atoms with Crippen molar-refractivity contribution in [2.75, 3.05) is 32.4 Å². The lowest BCUT2D eigenvalue weighted by Crippen LogP contribution is -2.61. The Morgan fingerprint density at radius 3 is 2.41 bits per heavy atom. The number of carbonyl (C=O) groups is 2. The highest BCUT2D eigenvalue weighted by molar-refractivity contribution is 7.91. The summed E-state index contributed by atoms with van der Waals surface area (Å²) in [5.74, 6) is -1.35. The Morgan fingerprint density at radius 2 is 1.85 bits per heavy atom. The first-order valence-electron chi connectivity index (χ1n) is 8.89. The Balaban J connectivity index is 2.01. The highest BCUT2D eigenvalue weighted by Crippen LogP contribution is 2.17. The van der Waals surface area contributed by atoms with Crippen LogP contribution in [-0.2, 0) is 19.4 Å². The predicted molar refractivity (Wildman–Crippen MR) is 99.3 cm³/mol. The first kappa shape index (κ1) is 21.3. The van der Waals surface area contributed by atoms with Gasteiger partial charge in [-0.15, -0.1) is 0 Å². The average molecular weight is 399 g/mol. The van der Waals surface area contributed by atoms with Gasteiger partial charge in [-0.3, -0.25) is 14.5 Å². The van der Waals surface area contributed by atoms with Gasteiger partial charge in [0.1, 0.15) is 11.9 Å². The fourth-order valence-corrected chi connectivity index (χ4v) is 4.41. The first-order chi connectivity index (χ1) is 12.7. The number of amides is 2. The SMILES string of the molecule is CNC(=O)C1CN(C(=O)CCS(=O)(=O)c2ccc(F)cc2)CCN1C(C)C. The first-order valence-corrected chi connectivity index (χ1v) is 10.5. The molecule has 9 heteroatoms. The second kappa shape index (κ2) is 8.79. The average Bonchev–Trinajstić information content (AvgIpc) is 2.65. The van der Waals surface area contributed by atoms with Gasteiger partial charge in [-0.05, 0) is 38.1 Å². The van der Waals surface area contributed by atoms with Gasteiger partial charge in [-0.1, -0.05) is 0 Å². The number of hydrogen-bond acceptors (Lipinski definition) is 5. The third kappa shape index (κ3) is 5.26. The molecule has 0 bridgehead atoms. The van der Waals surface area contributed by atoms with Crippen molar-refractivity contribution in [1.29, 1.82) is 0 Å². The number of piperazine rings is 1. The summed E-state index contributed by atoms with van der Waals surface area (Å²) in [6, 6.07) is 4.24. The minimum absolute atomic E-state index is 0.00966. The third-order valence-corrected chi connectivity index (χ3v) is 6.48. The van der Waals surface area contributed by atoms with E-state index in [4.69, 9.17) is 0 Å². The van der Waals surface area contributed by atoms with Crippen LogP contribution >= 0.6 is 0 Å². The van der Waals surface area contributed by atoms with Gasteiger partial charge in [-0.25, -0.2) is 12.8 Å². The molecule has 1 aromatic carbocycles. The molecule has 2 rings (SSSR count). The second-order valence-corrected chi connectivity index (χ2v) is 8.93. The van der Waals surface area contributed by atoms with Crippen LogP contribution in [0.5, 0.6) is 0 Å². The van der Waals surface area contributed by atoms with Gasteiger partial charge in [0.2, 0.25) is 11.8 Å². The Kier molecular flexibility index (Phi) is 6.94. The van der Waals surface area contributed by atoms with Crippen LogP contribution in [0.15, 0.2) is 29.2 Å². The molecule has 0 spiro atoms. The Bertz CT molecular complexity index is 780. The number of benzene rings is 1. The fourth-order valence-electron chi connectivity index (χ4n) is 3.18. The molecule has 27 heavy (non-hydrogen) atoms. The lowest BCUT2D eigenvalue weighted by molar-refractivity contribution is -0.138. The standard InChI is InChI=1S/C18H26FN3O4S/c1-13(2)22-10-9-21(12-16(22)18(24)20-3)17(23)8-11-27(25,26)15-6-4-14(19)5-7-15/h4-7,13,16H,8-12H2,1-3H3,(H,20,24). The van der Waals surface area contributed by atoms with E-state index in [0.717, 1.165) is 12.1 Å². The lowest BCUT2D eigenvalue weighted by Gasteiger charge is -2.42. The molecule has 0 aromatic heterocycles. The summed E-state index contributed by atoms with van der Waals surface area (Å²) in [5, 5.41) is 2.62. The van der Waals surface area contributed by atoms with Crippen molar-refractivity contribution in [3.63, 3.8) is 0 Å². The van der Waals surface area contributed by atoms with Crippen LogP contribution < -0.4 is 5.32 Å². The van der Waals surface area contributed by atoms with Gasteiger partial charge in [0.05, 0.1) is 10.6 Å². The molecule has 7 nitrogen and oxygen atoms in total. The molecule has 150 valence electrons. The maximum atomic E-state index is 13.0. The van der Waals surface area contributed by atoms with E-state index in [-0.39, 0.29) is 41.5 Å². The molecular formula is C18H26FN3O4S. The summed E-state index contributed by atoms with van der Waals surface area (Å²) in [4.78, 5) is 28.2. The molecule has 1 aliphatic rings. The summed E-state index contributed by atoms with van der Waals surface area (Å²) in [6.07, 6.45) is -0.179. The van der Waals surface area contributed by atoms with Crippen LogP contribution in [0.25, 0.3) is 0 Å². The molecule has 0 saturated carbocycles. The van der Waals surface area contributed by atoms with Crippen LogP contribution in [0, 0.1) is 5.82 Å². The number of likely N-dealkylation sites (N-methyl/N-ethyl adjacent to an activating group) is 1. The number of halogens is 1. The normalized spacial score (nSPS) is 18.6. The van der Waals surface area contributed by atoms with Gasteiger partial charge in [-0.2, -0.15) is 0 Å². The van der Waals surface area contributed by atoms with Crippen molar-refractivity contribution >= 4 is 21.7 Å². The van der Waals surface area contributed by atoms with Crippen LogP contribution in [-0.4, -0.2) is 74.6 Å². The van der Waals surface area contributed by atoms with Crippen molar-refractivity contribution in [3.05, 3.63) is 30.1 Å². The van der Waals surface area contributed by atoms with Crippen molar-refractivity contribution < 1.29 is 22.4 Å². The molecular weight excluding hydrogens is 373 g/mol. The summed E-state index contributed by atoms with van der Waals surface area (Å²) < 4.78 is 37.6. The maximum Gasteiger partial charge on any atom is 0.238 e. The van der Waals surface area contributed by atoms with Gasteiger partial charge < -0.3 is 10.2 Å². The zero-order chi connectivity index (χ0) is 20.2. The Hall–Kier alpha value is -2.00. The van der Waals surface area contributed by atoms with E-state index >= 15 is 0 Å².